The first-order chi connectivity index (χ1) is 9.41. The minimum atomic E-state index is -1.74. The van der Waals surface area contributed by atoms with E-state index in [1.807, 2.05) is 5.32 Å². The second-order valence-corrected chi connectivity index (χ2v) is 4.52. The maximum absolute atomic E-state index is 11.2. The Labute approximate surface area is 119 Å². The van der Waals surface area contributed by atoms with Crippen LogP contribution in [0.4, 0.5) is 11.4 Å². The number of nitrogens with one attached hydrogen (secondary N) is 1. The standard InChI is InChI=1S/C11H6BrN3O5/c12-6-4-7(15(19)20)9(14-10(16)11(17)18)8-5(6)2-1-3-13-8/h1-4H,(H,14,16)(H,17,18). The molecule has 0 aliphatic rings. The zero-order valence-electron chi connectivity index (χ0n) is 9.66. The van der Waals surface area contributed by atoms with Crippen LogP contribution in [0.25, 0.3) is 10.9 Å². The monoisotopic (exact) mass is 339 g/mol. The molecule has 2 rings (SSSR count). The summed E-state index contributed by atoms with van der Waals surface area (Å²) in [5.41, 5.74) is -0.568. The van der Waals surface area contributed by atoms with Crippen LogP contribution in [-0.2, 0) is 9.59 Å². The number of fused-ring (bicyclic) bond motifs is 1. The van der Waals surface area contributed by atoms with E-state index in [4.69, 9.17) is 5.11 Å². The number of nitrogens with zero attached hydrogens (tertiary/aromatic N) is 2. The molecule has 1 heterocycles. The fourth-order valence-electron chi connectivity index (χ4n) is 1.62. The molecule has 9 heteroatoms. The molecule has 0 spiro atoms. The maximum atomic E-state index is 11.2. The molecule has 0 unspecified atom stereocenters. The number of anilines is 1. The van der Waals surface area contributed by atoms with Crippen LogP contribution in [0.15, 0.2) is 28.9 Å². The summed E-state index contributed by atoms with van der Waals surface area (Å²) in [7, 11) is 0. The van der Waals surface area contributed by atoms with Crippen molar-refractivity contribution in [3.8, 4) is 0 Å². The van der Waals surface area contributed by atoms with Gasteiger partial charge < -0.3 is 10.4 Å². The van der Waals surface area contributed by atoms with Crippen LogP contribution < -0.4 is 5.32 Å². The molecule has 102 valence electrons. The Hall–Kier alpha value is -2.55. The molecule has 0 aliphatic carbocycles. The number of aliphatic carboxylic acids is 1. The Morgan fingerprint density at radius 2 is 2.15 bits per heavy atom. The number of benzene rings is 1. The molecule has 1 amide bonds. The molecular weight excluding hydrogens is 334 g/mol. The van der Waals surface area contributed by atoms with E-state index >= 15 is 0 Å². The molecular formula is C11H6BrN3O5. The highest BCUT2D eigenvalue weighted by Gasteiger charge is 2.24. The predicted molar refractivity (Wildman–Crippen MR) is 72.4 cm³/mol. The molecule has 1 aromatic carbocycles. The van der Waals surface area contributed by atoms with Gasteiger partial charge in [-0.15, -0.1) is 0 Å². The van der Waals surface area contributed by atoms with Gasteiger partial charge in [0.2, 0.25) is 0 Å². The fraction of sp³-hybridized carbons (Fsp3) is 0. The molecule has 0 radical (unpaired) electrons. The van der Waals surface area contributed by atoms with E-state index in [2.05, 4.69) is 20.9 Å². The number of halogens is 1. The minimum Gasteiger partial charge on any atom is -0.474 e. The summed E-state index contributed by atoms with van der Waals surface area (Å²) < 4.78 is 0.417. The number of carbonyl (C=O) groups excluding carboxylic acids is 1. The van der Waals surface area contributed by atoms with E-state index in [1.165, 1.54) is 12.3 Å². The molecule has 0 bridgehead atoms. The van der Waals surface area contributed by atoms with Gasteiger partial charge in [-0.25, -0.2) is 4.79 Å². The zero-order valence-corrected chi connectivity index (χ0v) is 11.2. The van der Waals surface area contributed by atoms with Crippen LogP contribution in [0.1, 0.15) is 0 Å². The summed E-state index contributed by atoms with van der Waals surface area (Å²) >= 11 is 3.17. The maximum Gasteiger partial charge on any atom is 0.394 e. The van der Waals surface area contributed by atoms with Crippen LogP contribution in [0.5, 0.6) is 0 Å². The summed E-state index contributed by atoms with van der Waals surface area (Å²) in [6.07, 6.45) is 1.38. The van der Waals surface area contributed by atoms with Gasteiger partial charge >= 0.3 is 11.9 Å². The highest BCUT2D eigenvalue weighted by Crippen LogP contribution is 2.36. The largest absolute Gasteiger partial charge is 0.474 e. The van der Waals surface area contributed by atoms with Gasteiger partial charge in [-0.1, -0.05) is 6.07 Å². The second kappa shape index (κ2) is 5.21. The van der Waals surface area contributed by atoms with Crippen molar-refractivity contribution in [1.29, 1.82) is 0 Å². The highest BCUT2D eigenvalue weighted by atomic mass is 79.9. The van der Waals surface area contributed by atoms with E-state index in [9.17, 15) is 19.7 Å². The topological polar surface area (TPSA) is 122 Å². The van der Waals surface area contributed by atoms with Crippen LogP contribution in [0, 0.1) is 10.1 Å². The zero-order chi connectivity index (χ0) is 14.9. The summed E-state index contributed by atoms with van der Waals surface area (Å²) in [5, 5.41) is 22.1. The molecule has 8 nitrogen and oxygen atoms in total. The fourth-order valence-corrected chi connectivity index (χ4v) is 2.16. The number of nitro groups is 1. The molecule has 0 atom stereocenters. The first kappa shape index (κ1) is 13.9. The second-order valence-electron chi connectivity index (χ2n) is 3.67. The van der Waals surface area contributed by atoms with Gasteiger partial charge in [0.25, 0.3) is 5.69 Å². The number of nitro benzene ring substituents is 1. The molecule has 20 heavy (non-hydrogen) atoms. The lowest BCUT2D eigenvalue weighted by atomic mass is 10.1. The lowest BCUT2D eigenvalue weighted by Crippen LogP contribution is -2.22. The Balaban J connectivity index is 2.74. The number of amides is 1. The number of carboxylic acids is 1. The number of rotatable bonds is 2. The van der Waals surface area contributed by atoms with Crippen LogP contribution >= 0.6 is 15.9 Å². The van der Waals surface area contributed by atoms with Crippen LogP contribution in [0.2, 0.25) is 0 Å². The summed E-state index contributed by atoms with van der Waals surface area (Å²) in [5.74, 6) is -3.12. The molecule has 0 saturated carbocycles. The normalized spacial score (nSPS) is 10.2. The third-order valence-corrected chi connectivity index (χ3v) is 3.11. The Morgan fingerprint density at radius 1 is 1.45 bits per heavy atom. The molecule has 0 aliphatic heterocycles. The van der Waals surface area contributed by atoms with Gasteiger partial charge in [0.05, 0.1) is 4.92 Å². The number of hydrogen-bond acceptors (Lipinski definition) is 5. The average Bonchev–Trinajstić information content (AvgIpc) is 2.41. The van der Waals surface area contributed by atoms with Crippen molar-refractivity contribution in [1.82, 2.24) is 4.98 Å². The van der Waals surface area contributed by atoms with Crippen molar-refractivity contribution in [2.75, 3.05) is 5.32 Å². The Kier molecular flexibility index (Phi) is 3.61. The van der Waals surface area contributed by atoms with Crippen LogP contribution in [-0.4, -0.2) is 26.9 Å². The third-order valence-electron chi connectivity index (χ3n) is 2.45. The van der Waals surface area contributed by atoms with Gasteiger partial charge in [0.15, 0.2) is 0 Å². The summed E-state index contributed by atoms with van der Waals surface area (Å²) in [4.78, 5) is 36.1. The van der Waals surface area contributed by atoms with E-state index in [0.29, 0.717) is 9.86 Å². The van der Waals surface area contributed by atoms with Gasteiger partial charge in [-0.05, 0) is 22.0 Å². The van der Waals surface area contributed by atoms with E-state index in [1.54, 1.807) is 12.1 Å². The van der Waals surface area contributed by atoms with Crippen molar-refractivity contribution < 1.29 is 19.6 Å². The van der Waals surface area contributed by atoms with Crippen molar-refractivity contribution in [3.05, 3.63) is 39.0 Å². The van der Waals surface area contributed by atoms with Crippen molar-refractivity contribution in [2.24, 2.45) is 0 Å². The van der Waals surface area contributed by atoms with Gasteiger partial charge in [0.1, 0.15) is 11.2 Å². The molecule has 0 saturated heterocycles. The third kappa shape index (κ3) is 2.43. The first-order valence-corrected chi connectivity index (χ1v) is 5.97. The van der Waals surface area contributed by atoms with Crippen molar-refractivity contribution in [2.45, 2.75) is 0 Å². The quantitative estimate of drug-likeness (QED) is 0.489. The lowest BCUT2D eigenvalue weighted by Gasteiger charge is -2.08. The Morgan fingerprint density at radius 3 is 2.75 bits per heavy atom. The van der Waals surface area contributed by atoms with Crippen LogP contribution in [0.3, 0.4) is 0 Å². The molecule has 2 N–H and O–H groups in total. The van der Waals surface area contributed by atoms with Crippen molar-refractivity contribution in [3.63, 3.8) is 0 Å². The number of aromatic nitrogens is 1. The highest BCUT2D eigenvalue weighted by molar-refractivity contribution is 9.10. The summed E-state index contributed by atoms with van der Waals surface area (Å²) in [6.45, 7) is 0. The van der Waals surface area contributed by atoms with Gasteiger partial charge in [0, 0.05) is 22.1 Å². The summed E-state index contributed by atoms with van der Waals surface area (Å²) in [6, 6.07) is 4.43. The van der Waals surface area contributed by atoms with E-state index < -0.39 is 22.5 Å². The molecule has 2 aromatic rings. The number of hydrogen-bond donors (Lipinski definition) is 2. The van der Waals surface area contributed by atoms with E-state index in [0.717, 1.165) is 0 Å². The minimum absolute atomic E-state index is 0.128. The van der Waals surface area contributed by atoms with Gasteiger partial charge in [-0.2, -0.15) is 0 Å². The number of carbonyl (C=O) groups is 2. The lowest BCUT2D eigenvalue weighted by molar-refractivity contribution is -0.383. The smallest absolute Gasteiger partial charge is 0.394 e. The number of carboxylic acid groups (broad SMARTS) is 1. The van der Waals surface area contributed by atoms with Gasteiger partial charge in [-0.3, -0.25) is 19.9 Å². The average molecular weight is 340 g/mol. The molecule has 0 fully saturated rings. The Bertz CT molecular complexity index is 746. The van der Waals surface area contributed by atoms with E-state index in [-0.39, 0.29) is 11.2 Å². The first-order valence-electron chi connectivity index (χ1n) is 5.17. The predicted octanol–water partition coefficient (Wildman–Crippen LogP) is 1.93. The SMILES string of the molecule is O=C(O)C(=O)Nc1c([N+](=O)[O-])cc(Br)c2cccnc12. The number of pyridine rings is 1. The molecule has 1 aromatic heterocycles. The van der Waals surface area contributed by atoms with Crippen molar-refractivity contribution >= 4 is 50.1 Å².